The Balaban J connectivity index is -0.000000762. The van der Waals surface area contributed by atoms with Gasteiger partial charge in [-0.3, -0.25) is 24.2 Å². The highest BCUT2D eigenvalue weighted by molar-refractivity contribution is 5.81. The smallest absolute Gasteiger partial charge is 0.300 e. The Morgan fingerprint density at radius 1 is 0.618 bits per heavy atom. The molecule has 8 N–H and O–H groups in total. The molecule has 20 heteroatoms. The van der Waals surface area contributed by atoms with E-state index in [4.69, 9.17) is 54.6 Å². The van der Waals surface area contributed by atoms with E-state index in [0.717, 1.165) is 44.0 Å². The van der Waals surface area contributed by atoms with Crippen molar-refractivity contribution in [2.24, 2.45) is 21.6 Å². The fourth-order valence-electron chi connectivity index (χ4n) is 4.13. The van der Waals surface area contributed by atoms with Crippen molar-refractivity contribution in [1.82, 2.24) is 16.0 Å². The third kappa shape index (κ3) is 58.6. The van der Waals surface area contributed by atoms with Crippen LogP contribution in [-0.2, 0) is 52.4 Å². The SMILES string of the molecule is CC.CC.CC(=O)O.CCCCNC(=O)COCC(=O)NCCOCCOCCOCCOCCOCCNC(=O)CO/N=C/c1ccc(N(C)C)cc1.CCCN=C(N)N.Cc1ccccc1. The Hall–Kier alpha value is -5.38. The standard InChI is InChI=1S/C31H53N5O10.C7H8.C4H11N3.C2H4O2.2C2H6/c1-4-5-10-32-29(37)24-45-25-30(38)33-11-13-40-15-17-42-19-21-44-22-20-43-18-16-41-14-12-34-31(39)26-46-35-23-27-6-8-28(9-7-27)36(2)3;1-7-5-3-2-4-6-7;1-2-3-7-4(5)6;1-2(3)4;2*1-2/h6-9,23H,4-5,10-22,24-26H2,1-3H3,(H,32,37)(H,33,38)(H,34,39);2-6H,1H3;2-3H2,1H3,(H4,5,6,7);1H3,(H,3,4);2*1-2H3/b35-23+;;;;;. The van der Waals surface area contributed by atoms with E-state index in [0.29, 0.717) is 85.7 Å². The fourth-order valence-corrected chi connectivity index (χ4v) is 4.13. The number of carboxylic acid groups (broad SMARTS) is 1. The van der Waals surface area contributed by atoms with Gasteiger partial charge in [-0.25, -0.2) is 0 Å². The molecule has 0 atom stereocenters. The lowest BCUT2D eigenvalue weighted by Crippen LogP contribution is -2.33. The van der Waals surface area contributed by atoms with Crippen molar-refractivity contribution in [3.8, 4) is 0 Å². The Kier molecular flexibility index (Phi) is 56.9. The summed E-state index contributed by atoms with van der Waals surface area (Å²) in [5.74, 6) is -1.46. The number of carbonyl (C=O) groups excluding carboxylic acids is 3. The van der Waals surface area contributed by atoms with Crippen LogP contribution in [0.4, 0.5) is 5.69 Å². The summed E-state index contributed by atoms with van der Waals surface area (Å²) >= 11 is 0. The number of carbonyl (C=O) groups is 4. The number of amides is 3. The van der Waals surface area contributed by atoms with Crippen LogP contribution in [-0.4, -0.2) is 167 Å². The lowest BCUT2D eigenvalue weighted by atomic mass is 10.2. The van der Waals surface area contributed by atoms with Crippen molar-refractivity contribution in [3.63, 3.8) is 0 Å². The number of hydrogen-bond acceptors (Lipinski definition) is 14. The van der Waals surface area contributed by atoms with E-state index < -0.39 is 5.97 Å². The number of aliphatic carboxylic acids is 1. The first-order chi connectivity index (χ1) is 32.8. The van der Waals surface area contributed by atoms with Crippen LogP contribution in [0.1, 0.15) is 78.9 Å². The van der Waals surface area contributed by atoms with Gasteiger partial charge in [-0.1, -0.05) is 101 Å². The topological polar surface area (TPSA) is 269 Å². The molecule has 0 aliphatic carbocycles. The summed E-state index contributed by atoms with van der Waals surface area (Å²) in [7, 11) is 3.94. The van der Waals surface area contributed by atoms with Gasteiger partial charge in [0.15, 0.2) is 12.6 Å². The number of benzene rings is 2. The van der Waals surface area contributed by atoms with Crippen LogP contribution in [0.5, 0.6) is 0 Å². The highest BCUT2D eigenvalue weighted by Gasteiger charge is 2.05. The van der Waals surface area contributed by atoms with Crippen LogP contribution < -0.4 is 32.3 Å². The number of aryl methyl sites for hydroxylation is 1. The molecule has 3 amide bonds. The number of nitrogens with zero attached hydrogens (tertiary/aromatic N) is 3. The third-order valence-electron chi connectivity index (χ3n) is 7.28. The number of nitrogens with one attached hydrogen (secondary N) is 3. The molecule has 0 fully saturated rings. The Morgan fingerprint density at radius 3 is 1.38 bits per heavy atom. The Labute approximate surface area is 407 Å². The number of oxime groups is 1. The van der Waals surface area contributed by atoms with Crippen molar-refractivity contribution in [1.29, 1.82) is 0 Å². The number of guanidine groups is 1. The molecular weight excluding hydrogens is 881 g/mol. The summed E-state index contributed by atoms with van der Waals surface area (Å²) in [5, 5.41) is 19.3. The first kappa shape index (κ1) is 69.2. The van der Waals surface area contributed by atoms with Crippen molar-refractivity contribution in [3.05, 3.63) is 65.7 Å². The van der Waals surface area contributed by atoms with E-state index in [-0.39, 0.29) is 43.5 Å². The maximum atomic E-state index is 11.8. The largest absolute Gasteiger partial charge is 0.481 e. The number of anilines is 1. The lowest BCUT2D eigenvalue weighted by molar-refractivity contribution is -0.134. The Bertz CT molecular complexity index is 1480. The molecule has 68 heavy (non-hydrogen) atoms. The molecule has 2 aromatic rings. The van der Waals surface area contributed by atoms with Crippen LogP contribution in [0.2, 0.25) is 0 Å². The summed E-state index contributed by atoms with van der Waals surface area (Å²) in [5.41, 5.74) is 13.3. The van der Waals surface area contributed by atoms with E-state index >= 15 is 0 Å². The van der Waals surface area contributed by atoms with Gasteiger partial charge in [0, 0.05) is 52.9 Å². The number of carboxylic acids is 1. The van der Waals surface area contributed by atoms with Crippen molar-refractivity contribution >= 4 is 41.6 Å². The van der Waals surface area contributed by atoms with E-state index in [9.17, 15) is 14.4 Å². The van der Waals surface area contributed by atoms with E-state index in [1.54, 1.807) is 6.21 Å². The average molecular weight is 969 g/mol. The molecular formula is C48H88N8O12. The number of ether oxygens (including phenoxy) is 6. The average Bonchev–Trinajstić information content (AvgIpc) is 3.32. The molecule has 20 nitrogen and oxygen atoms in total. The predicted octanol–water partition coefficient (Wildman–Crippen LogP) is 4.16. The van der Waals surface area contributed by atoms with Crippen LogP contribution in [0.3, 0.4) is 0 Å². The van der Waals surface area contributed by atoms with Gasteiger partial charge < -0.3 is 70.7 Å². The van der Waals surface area contributed by atoms with Gasteiger partial charge in [-0.2, -0.15) is 0 Å². The summed E-state index contributed by atoms with van der Waals surface area (Å²) in [6.07, 6.45) is 4.46. The van der Waals surface area contributed by atoms with Crippen molar-refractivity contribution < 1.29 is 57.5 Å². The summed E-state index contributed by atoms with van der Waals surface area (Å²) in [4.78, 5) is 54.7. The quantitative estimate of drug-likeness (QED) is 0.0260. The lowest BCUT2D eigenvalue weighted by Gasteiger charge is -2.11. The van der Waals surface area contributed by atoms with Gasteiger partial charge in [0.25, 0.3) is 11.9 Å². The molecule has 0 saturated carbocycles. The molecule has 0 heterocycles. The zero-order valence-corrected chi connectivity index (χ0v) is 42.8. The van der Waals surface area contributed by atoms with Gasteiger partial charge in [0.2, 0.25) is 11.8 Å². The second-order valence-electron chi connectivity index (χ2n) is 13.4. The number of unbranched alkanes of at least 4 members (excludes halogenated alkanes) is 1. The minimum absolute atomic E-state index is 0.135. The molecule has 0 bridgehead atoms. The summed E-state index contributed by atoms with van der Waals surface area (Å²) in [6, 6.07) is 18.0. The number of nitrogens with two attached hydrogens (primary N) is 2. The molecule has 2 rings (SSSR count). The highest BCUT2D eigenvalue weighted by Crippen LogP contribution is 2.11. The molecule has 0 aliphatic rings. The predicted molar refractivity (Wildman–Crippen MR) is 271 cm³/mol. The van der Waals surface area contributed by atoms with E-state index in [2.05, 4.69) is 45.2 Å². The maximum Gasteiger partial charge on any atom is 0.300 e. The van der Waals surface area contributed by atoms with Gasteiger partial charge >= 0.3 is 0 Å². The highest BCUT2D eigenvalue weighted by atomic mass is 16.6. The van der Waals surface area contributed by atoms with Crippen molar-refractivity contribution in [2.45, 2.75) is 74.7 Å². The molecule has 2 aromatic carbocycles. The first-order valence-corrected chi connectivity index (χ1v) is 23.3. The van der Waals surface area contributed by atoms with Crippen molar-refractivity contribution in [2.75, 3.05) is 131 Å². The van der Waals surface area contributed by atoms with E-state index in [1.165, 1.54) is 5.56 Å². The molecule has 0 aromatic heterocycles. The maximum absolute atomic E-state index is 11.8. The number of rotatable bonds is 32. The Morgan fingerprint density at radius 2 is 1.03 bits per heavy atom. The van der Waals surface area contributed by atoms with Gasteiger partial charge in [-0.15, -0.1) is 0 Å². The third-order valence-corrected chi connectivity index (χ3v) is 7.28. The molecule has 0 spiro atoms. The molecule has 0 radical (unpaired) electrons. The van der Waals surface area contributed by atoms with Gasteiger partial charge in [0.1, 0.15) is 13.2 Å². The molecule has 0 saturated heterocycles. The normalized spacial score (nSPS) is 9.74. The van der Waals surface area contributed by atoms with Crippen LogP contribution in [0.25, 0.3) is 0 Å². The first-order valence-electron chi connectivity index (χ1n) is 23.3. The van der Waals surface area contributed by atoms with Crippen LogP contribution in [0.15, 0.2) is 64.7 Å². The minimum atomic E-state index is -0.833. The summed E-state index contributed by atoms with van der Waals surface area (Å²) in [6.45, 7) is 20.9. The minimum Gasteiger partial charge on any atom is -0.481 e. The molecule has 0 unspecified atom stereocenters. The molecule has 0 aliphatic heterocycles. The van der Waals surface area contributed by atoms with Crippen LogP contribution >= 0.6 is 0 Å². The fraction of sp³-hybridized carbons (Fsp3) is 0.625. The zero-order chi connectivity index (χ0) is 51.9. The second kappa shape index (κ2) is 55.9. The van der Waals surface area contributed by atoms with Crippen LogP contribution in [0, 0.1) is 6.92 Å². The van der Waals surface area contributed by atoms with E-state index in [1.807, 2.05) is 103 Å². The van der Waals surface area contributed by atoms with Gasteiger partial charge in [-0.05, 0) is 37.5 Å². The number of aliphatic imine (C=N–C) groups is 1. The number of hydrogen-bond donors (Lipinski definition) is 6. The zero-order valence-electron chi connectivity index (χ0n) is 42.8. The summed E-state index contributed by atoms with van der Waals surface area (Å²) < 4.78 is 32.2. The second-order valence-corrected chi connectivity index (χ2v) is 13.4. The van der Waals surface area contributed by atoms with Gasteiger partial charge in [0.05, 0.1) is 72.3 Å². The monoisotopic (exact) mass is 969 g/mol. The molecule has 392 valence electrons.